The molecule has 1 saturated heterocycles. The first-order valence-electron chi connectivity index (χ1n) is 7.67. The van der Waals surface area contributed by atoms with E-state index >= 15 is 0 Å². The first-order chi connectivity index (χ1) is 10.1. The van der Waals surface area contributed by atoms with Crippen LogP contribution in [0, 0.1) is 5.92 Å². The second-order valence-corrected chi connectivity index (χ2v) is 6.02. The predicted octanol–water partition coefficient (Wildman–Crippen LogP) is 2.81. The molecule has 0 aromatic heterocycles. The van der Waals surface area contributed by atoms with Crippen LogP contribution in [0.25, 0.3) is 0 Å². The van der Waals surface area contributed by atoms with E-state index in [1.165, 1.54) is 18.4 Å². The van der Waals surface area contributed by atoms with Gasteiger partial charge in [0.15, 0.2) is 0 Å². The zero-order valence-electron chi connectivity index (χ0n) is 12.9. The van der Waals surface area contributed by atoms with Crippen LogP contribution in [0.3, 0.4) is 0 Å². The third kappa shape index (κ3) is 4.74. The SMILES string of the molecule is COc1ccc(CC(CC(=O)O)N2CCC(C)CC2)cc1. The van der Waals surface area contributed by atoms with Crippen LogP contribution < -0.4 is 4.74 Å². The Balaban J connectivity index is 2.02. The highest BCUT2D eigenvalue weighted by Gasteiger charge is 2.25. The van der Waals surface area contributed by atoms with Crippen LogP contribution >= 0.6 is 0 Å². The second-order valence-electron chi connectivity index (χ2n) is 6.02. The van der Waals surface area contributed by atoms with Crippen LogP contribution in [0.15, 0.2) is 24.3 Å². The van der Waals surface area contributed by atoms with Crippen molar-refractivity contribution in [1.82, 2.24) is 4.90 Å². The average Bonchev–Trinajstić information content (AvgIpc) is 2.48. The van der Waals surface area contributed by atoms with Crippen LogP contribution in [0.4, 0.5) is 0 Å². The Bertz CT molecular complexity index is 450. The minimum atomic E-state index is -0.716. The van der Waals surface area contributed by atoms with Crippen molar-refractivity contribution in [3.05, 3.63) is 29.8 Å². The van der Waals surface area contributed by atoms with Gasteiger partial charge in [-0.05, 0) is 56.0 Å². The van der Waals surface area contributed by atoms with E-state index in [1.54, 1.807) is 7.11 Å². The van der Waals surface area contributed by atoms with Crippen LogP contribution in [0.1, 0.15) is 31.7 Å². The van der Waals surface area contributed by atoms with Crippen molar-refractivity contribution in [2.24, 2.45) is 5.92 Å². The van der Waals surface area contributed by atoms with Gasteiger partial charge in [0.2, 0.25) is 0 Å². The molecule has 0 aliphatic carbocycles. The first kappa shape index (κ1) is 15.8. The summed E-state index contributed by atoms with van der Waals surface area (Å²) < 4.78 is 5.16. The molecular formula is C17H25NO3. The fourth-order valence-electron chi connectivity index (χ4n) is 2.96. The van der Waals surface area contributed by atoms with Gasteiger partial charge >= 0.3 is 5.97 Å². The number of methoxy groups -OCH3 is 1. The molecule has 1 unspecified atom stereocenters. The topological polar surface area (TPSA) is 49.8 Å². The van der Waals surface area contributed by atoms with Crippen molar-refractivity contribution in [3.8, 4) is 5.75 Å². The van der Waals surface area contributed by atoms with E-state index in [0.29, 0.717) is 0 Å². The normalized spacial score (nSPS) is 18.4. The fourth-order valence-corrected chi connectivity index (χ4v) is 2.96. The standard InChI is InChI=1S/C17H25NO3/c1-13-7-9-18(10-8-13)15(12-17(19)20)11-14-3-5-16(21-2)6-4-14/h3-6,13,15H,7-12H2,1-2H3,(H,19,20). The van der Waals surface area contributed by atoms with Gasteiger partial charge in [0.1, 0.15) is 5.75 Å². The van der Waals surface area contributed by atoms with Crippen LogP contribution in [-0.2, 0) is 11.2 Å². The molecule has 2 rings (SSSR count). The molecule has 1 aromatic rings. The number of piperidine rings is 1. The monoisotopic (exact) mass is 291 g/mol. The van der Waals surface area contributed by atoms with E-state index in [-0.39, 0.29) is 12.5 Å². The lowest BCUT2D eigenvalue weighted by atomic mass is 9.94. The highest BCUT2D eigenvalue weighted by atomic mass is 16.5. The minimum Gasteiger partial charge on any atom is -0.497 e. The van der Waals surface area contributed by atoms with E-state index < -0.39 is 5.97 Å². The Labute approximate surface area is 126 Å². The molecule has 0 saturated carbocycles. The van der Waals surface area contributed by atoms with E-state index in [1.807, 2.05) is 24.3 Å². The lowest BCUT2D eigenvalue weighted by molar-refractivity contribution is -0.138. The van der Waals surface area contributed by atoms with E-state index in [9.17, 15) is 9.90 Å². The van der Waals surface area contributed by atoms with Gasteiger partial charge in [-0.25, -0.2) is 0 Å². The number of carbonyl (C=O) groups is 1. The molecule has 1 aromatic carbocycles. The van der Waals surface area contributed by atoms with Crippen molar-refractivity contribution < 1.29 is 14.6 Å². The van der Waals surface area contributed by atoms with Crippen molar-refractivity contribution >= 4 is 5.97 Å². The molecule has 1 atom stereocenters. The molecule has 4 heteroatoms. The van der Waals surface area contributed by atoms with Gasteiger partial charge in [0, 0.05) is 6.04 Å². The Morgan fingerprint density at radius 2 is 1.95 bits per heavy atom. The lowest BCUT2D eigenvalue weighted by Crippen LogP contribution is -2.43. The summed E-state index contributed by atoms with van der Waals surface area (Å²) in [5, 5.41) is 9.18. The number of benzene rings is 1. The van der Waals surface area contributed by atoms with Gasteiger partial charge in [-0.2, -0.15) is 0 Å². The Morgan fingerprint density at radius 3 is 2.48 bits per heavy atom. The maximum absolute atomic E-state index is 11.2. The van der Waals surface area contributed by atoms with Gasteiger partial charge in [0.25, 0.3) is 0 Å². The third-order valence-electron chi connectivity index (χ3n) is 4.38. The Kier molecular flexibility index (Phi) is 5.62. The van der Waals surface area contributed by atoms with Crippen LogP contribution in [-0.4, -0.2) is 42.2 Å². The first-order valence-corrected chi connectivity index (χ1v) is 7.67. The van der Waals surface area contributed by atoms with Crippen LogP contribution in [0.5, 0.6) is 5.75 Å². The number of rotatable bonds is 6. The van der Waals surface area contributed by atoms with Gasteiger partial charge in [0.05, 0.1) is 13.5 Å². The molecule has 1 N–H and O–H groups in total. The maximum Gasteiger partial charge on any atom is 0.304 e. The largest absolute Gasteiger partial charge is 0.497 e. The quantitative estimate of drug-likeness (QED) is 0.875. The molecule has 116 valence electrons. The molecule has 0 amide bonds. The zero-order chi connectivity index (χ0) is 15.2. The molecule has 1 aliphatic rings. The summed E-state index contributed by atoms with van der Waals surface area (Å²) in [6, 6.07) is 8.01. The van der Waals surface area contributed by atoms with Crippen molar-refractivity contribution in [3.63, 3.8) is 0 Å². The number of carboxylic acids is 1. The Hall–Kier alpha value is -1.55. The molecule has 0 bridgehead atoms. The number of carboxylic acid groups (broad SMARTS) is 1. The summed E-state index contributed by atoms with van der Waals surface area (Å²) in [6.07, 6.45) is 3.32. The van der Waals surface area contributed by atoms with Gasteiger partial charge in [-0.3, -0.25) is 9.69 Å². The molecule has 21 heavy (non-hydrogen) atoms. The second kappa shape index (κ2) is 7.46. The number of nitrogens with zero attached hydrogens (tertiary/aromatic N) is 1. The maximum atomic E-state index is 11.2. The molecule has 0 spiro atoms. The van der Waals surface area contributed by atoms with Gasteiger partial charge in [-0.15, -0.1) is 0 Å². The minimum absolute atomic E-state index is 0.0865. The summed E-state index contributed by atoms with van der Waals surface area (Å²) in [5.74, 6) is 0.875. The molecule has 0 radical (unpaired) electrons. The predicted molar refractivity (Wildman–Crippen MR) is 82.7 cm³/mol. The number of aliphatic carboxylic acids is 1. The average molecular weight is 291 g/mol. The Morgan fingerprint density at radius 1 is 1.33 bits per heavy atom. The summed E-state index contributed by atoms with van der Waals surface area (Å²) in [7, 11) is 1.65. The summed E-state index contributed by atoms with van der Waals surface area (Å²) >= 11 is 0. The highest BCUT2D eigenvalue weighted by molar-refractivity contribution is 5.67. The number of hydrogen-bond acceptors (Lipinski definition) is 3. The summed E-state index contributed by atoms with van der Waals surface area (Å²) in [6.45, 7) is 4.29. The van der Waals surface area contributed by atoms with E-state index in [4.69, 9.17) is 4.74 Å². The summed E-state index contributed by atoms with van der Waals surface area (Å²) in [5.41, 5.74) is 1.17. The van der Waals surface area contributed by atoms with Crippen LogP contribution in [0.2, 0.25) is 0 Å². The number of hydrogen-bond donors (Lipinski definition) is 1. The van der Waals surface area contributed by atoms with Crippen molar-refractivity contribution in [2.45, 2.75) is 38.6 Å². The number of ether oxygens (including phenoxy) is 1. The fraction of sp³-hybridized carbons (Fsp3) is 0.588. The molecule has 1 heterocycles. The molecular weight excluding hydrogens is 266 g/mol. The summed E-state index contributed by atoms with van der Waals surface area (Å²) in [4.78, 5) is 13.5. The highest BCUT2D eigenvalue weighted by Crippen LogP contribution is 2.22. The van der Waals surface area contributed by atoms with Gasteiger partial charge in [-0.1, -0.05) is 19.1 Å². The van der Waals surface area contributed by atoms with Gasteiger partial charge < -0.3 is 9.84 Å². The van der Waals surface area contributed by atoms with Crippen molar-refractivity contribution in [2.75, 3.05) is 20.2 Å². The molecule has 4 nitrogen and oxygen atoms in total. The number of likely N-dealkylation sites (tertiary alicyclic amines) is 1. The van der Waals surface area contributed by atoms with Crippen molar-refractivity contribution in [1.29, 1.82) is 0 Å². The smallest absolute Gasteiger partial charge is 0.304 e. The molecule has 1 aliphatic heterocycles. The van der Waals surface area contributed by atoms with E-state index in [0.717, 1.165) is 31.2 Å². The zero-order valence-corrected chi connectivity index (χ0v) is 12.9. The molecule has 1 fully saturated rings. The third-order valence-corrected chi connectivity index (χ3v) is 4.38. The van der Waals surface area contributed by atoms with E-state index in [2.05, 4.69) is 11.8 Å². The lowest BCUT2D eigenvalue weighted by Gasteiger charge is -2.36.